The predicted octanol–water partition coefficient (Wildman–Crippen LogP) is -1.53. The normalized spacial score (nSPS) is 13.8. The molecular formula is C10H20N2O6. The van der Waals surface area contributed by atoms with E-state index in [4.69, 9.17) is 14.9 Å². The van der Waals surface area contributed by atoms with E-state index in [-0.39, 0.29) is 26.2 Å². The molecule has 0 aliphatic rings. The third-order valence-electron chi connectivity index (χ3n) is 2.20. The molecule has 0 radical (unpaired) electrons. The van der Waals surface area contributed by atoms with Crippen molar-refractivity contribution in [1.29, 1.82) is 0 Å². The third-order valence-corrected chi connectivity index (χ3v) is 2.20. The van der Waals surface area contributed by atoms with E-state index in [1.807, 2.05) is 0 Å². The summed E-state index contributed by atoms with van der Waals surface area (Å²) in [6.45, 7) is -0.241. The molecule has 0 aromatic carbocycles. The van der Waals surface area contributed by atoms with Gasteiger partial charge in [-0.3, -0.25) is 0 Å². The molecule has 0 saturated carbocycles. The van der Waals surface area contributed by atoms with Gasteiger partial charge in [0.05, 0.1) is 19.3 Å². The molecule has 2 atom stereocenters. The first-order valence-electron chi connectivity index (χ1n) is 5.44. The van der Waals surface area contributed by atoms with Crippen LogP contribution in [0.15, 0.2) is 0 Å². The Morgan fingerprint density at radius 2 is 2.06 bits per heavy atom. The van der Waals surface area contributed by atoms with E-state index in [1.165, 1.54) is 14.2 Å². The number of ether oxygens (including phenoxy) is 1. The molecule has 18 heavy (non-hydrogen) atoms. The topological polar surface area (TPSA) is 119 Å². The first kappa shape index (κ1) is 16.6. The number of aliphatic hydroxyl groups is 2. The number of likely N-dealkylation sites (N-methyl/N-ethyl adjacent to an activating group) is 1. The van der Waals surface area contributed by atoms with Crippen LogP contribution in [0.1, 0.15) is 6.42 Å². The van der Waals surface area contributed by atoms with Gasteiger partial charge in [-0.05, 0) is 0 Å². The van der Waals surface area contributed by atoms with Crippen LogP contribution in [0.5, 0.6) is 0 Å². The second-order valence-electron chi connectivity index (χ2n) is 3.84. The summed E-state index contributed by atoms with van der Waals surface area (Å²) >= 11 is 0. The molecule has 0 aliphatic heterocycles. The summed E-state index contributed by atoms with van der Waals surface area (Å²) < 4.78 is 4.71. The third kappa shape index (κ3) is 6.38. The smallest absolute Gasteiger partial charge is 0.326 e. The molecule has 8 heteroatoms. The molecule has 0 aromatic heterocycles. The molecule has 2 amide bonds. The van der Waals surface area contributed by atoms with Crippen molar-refractivity contribution in [3.8, 4) is 0 Å². The van der Waals surface area contributed by atoms with E-state index < -0.39 is 24.1 Å². The molecule has 0 rings (SSSR count). The highest BCUT2D eigenvalue weighted by Gasteiger charge is 2.22. The van der Waals surface area contributed by atoms with Crippen molar-refractivity contribution >= 4 is 12.0 Å². The summed E-state index contributed by atoms with van der Waals surface area (Å²) in [5.74, 6) is -1.22. The summed E-state index contributed by atoms with van der Waals surface area (Å²) in [5.41, 5.74) is 0. The first-order valence-corrected chi connectivity index (χ1v) is 5.44. The monoisotopic (exact) mass is 264 g/mol. The van der Waals surface area contributed by atoms with Crippen molar-refractivity contribution in [2.75, 3.05) is 33.9 Å². The highest BCUT2D eigenvalue weighted by molar-refractivity contribution is 5.82. The Morgan fingerprint density at radius 3 is 2.50 bits per heavy atom. The van der Waals surface area contributed by atoms with Crippen LogP contribution in [0.3, 0.4) is 0 Å². The van der Waals surface area contributed by atoms with Crippen LogP contribution in [0, 0.1) is 0 Å². The van der Waals surface area contributed by atoms with Crippen LogP contribution in [0.25, 0.3) is 0 Å². The van der Waals surface area contributed by atoms with Gasteiger partial charge in [0, 0.05) is 27.2 Å². The second-order valence-corrected chi connectivity index (χ2v) is 3.84. The Hall–Kier alpha value is -1.38. The fourth-order valence-electron chi connectivity index (χ4n) is 1.29. The lowest BCUT2D eigenvalue weighted by atomic mass is 10.2. The van der Waals surface area contributed by atoms with Crippen LogP contribution >= 0.6 is 0 Å². The Bertz CT molecular complexity index is 273. The molecule has 0 aliphatic carbocycles. The molecule has 0 fully saturated rings. The fraction of sp³-hybridized carbons (Fsp3) is 0.800. The van der Waals surface area contributed by atoms with Crippen molar-refractivity contribution in [2.24, 2.45) is 0 Å². The van der Waals surface area contributed by atoms with Crippen LogP contribution in [0.4, 0.5) is 4.79 Å². The van der Waals surface area contributed by atoms with Crippen LogP contribution < -0.4 is 5.32 Å². The van der Waals surface area contributed by atoms with Crippen molar-refractivity contribution in [3.63, 3.8) is 0 Å². The first-order chi connectivity index (χ1) is 8.42. The number of nitrogens with zero attached hydrogens (tertiary/aromatic N) is 1. The highest BCUT2D eigenvalue weighted by Crippen LogP contribution is 1.96. The lowest BCUT2D eigenvalue weighted by molar-refractivity contribution is -0.139. The van der Waals surface area contributed by atoms with E-state index in [0.717, 1.165) is 4.90 Å². The summed E-state index contributed by atoms with van der Waals surface area (Å²) in [7, 11) is 2.84. The second kappa shape index (κ2) is 8.67. The lowest BCUT2D eigenvalue weighted by Crippen LogP contribution is -2.49. The Labute approximate surface area is 105 Å². The predicted molar refractivity (Wildman–Crippen MR) is 62.2 cm³/mol. The van der Waals surface area contributed by atoms with Crippen molar-refractivity contribution in [1.82, 2.24) is 10.2 Å². The Morgan fingerprint density at radius 1 is 1.44 bits per heavy atom. The zero-order chi connectivity index (χ0) is 14.1. The minimum atomic E-state index is -1.22. The number of carbonyl (C=O) groups excluding carboxylic acids is 1. The van der Waals surface area contributed by atoms with Gasteiger partial charge in [0.1, 0.15) is 6.04 Å². The number of nitrogens with one attached hydrogen (secondary N) is 1. The van der Waals surface area contributed by atoms with Gasteiger partial charge in [-0.25, -0.2) is 9.59 Å². The quantitative estimate of drug-likeness (QED) is 0.422. The molecule has 0 aromatic rings. The van der Waals surface area contributed by atoms with Crippen LogP contribution in [-0.2, 0) is 9.53 Å². The number of aliphatic carboxylic acids is 1. The Kier molecular flexibility index (Phi) is 8.01. The van der Waals surface area contributed by atoms with E-state index in [0.29, 0.717) is 0 Å². The van der Waals surface area contributed by atoms with E-state index in [9.17, 15) is 14.7 Å². The zero-order valence-corrected chi connectivity index (χ0v) is 10.5. The number of hydrogen-bond donors (Lipinski definition) is 4. The Balaban J connectivity index is 4.23. The summed E-state index contributed by atoms with van der Waals surface area (Å²) in [4.78, 5) is 23.5. The summed E-state index contributed by atoms with van der Waals surface area (Å²) in [5, 5.41) is 29.1. The van der Waals surface area contributed by atoms with Crippen LogP contribution in [-0.4, -0.2) is 78.3 Å². The van der Waals surface area contributed by atoms with Crippen LogP contribution in [0.2, 0.25) is 0 Å². The molecule has 1 unspecified atom stereocenters. The number of carboxylic acids is 1. The minimum Gasteiger partial charge on any atom is -0.480 e. The molecule has 106 valence electrons. The average molecular weight is 264 g/mol. The average Bonchev–Trinajstić information content (AvgIpc) is 2.28. The molecule has 8 nitrogen and oxygen atoms in total. The largest absolute Gasteiger partial charge is 0.480 e. The number of rotatable bonds is 8. The standard InChI is InChI=1S/C10H20N2O6/c1-12(5-7(14)6-18-2)10(17)11-8(3-4-13)9(15)16/h7-8,13-14H,3-6H2,1-2H3,(H,11,17)(H,15,16)/t7?,8-/m0/s1. The van der Waals surface area contributed by atoms with Gasteiger partial charge in [-0.2, -0.15) is 0 Å². The number of methoxy groups -OCH3 is 1. The van der Waals surface area contributed by atoms with E-state index in [1.54, 1.807) is 0 Å². The maximum atomic E-state index is 11.6. The van der Waals surface area contributed by atoms with E-state index in [2.05, 4.69) is 5.32 Å². The number of amides is 2. The maximum Gasteiger partial charge on any atom is 0.326 e. The molecule has 0 spiro atoms. The fourth-order valence-corrected chi connectivity index (χ4v) is 1.29. The van der Waals surface area contributed by atoms with Gasteiger partial charge >= 0.3 is 12.0 Å². The van der Waals surface area contributed by atoms with Gasteiger partial charge < -0.3 is 30.3 Å². The molecule has 0 saturated heterocycles. The molecule has 4 N–H and O–H groups in total. The lowest BCUT2D eigenvalue weighted by Gasteiger charge is -2.23. The maximum absolute atomic E-state index is 11.6. The molecule has 0 heterocycles. The summed E-state index contributed by atoms with van der Waals surface area (Å²) in [6, 6.07) is -1.78. The van der Waals surface area contributed by atoms with Crippen molar-refractivity contribution < 1.29 is 29.6 Å². The number of hydrogen-bond acceptors (Lipinski definition) is 5. The highest BCUT2D eigenvalue weighted by atomic mass is 16.5. The number of aliphatic hydroxyl groups excluding tert-OH is 2. The van der Waals surface area contributed by atoms with Gasteiger partial charge in [0.15, 0.2) is 0 Å². The van der Waals surface area contributed by atoms with Gasteiger partial charge in [0.2, 0.25) is 0 Å². The number of carboxylic acid groups (broad SMARTS) is 1. The minimum absolute atomic E-state index is 0.0190. The van der Waals surface area contributed by atoms with Gasteiger partial charge in [0.25, 0.3) is 0 Å². The van der Waals surface area contributed by atoms with Gasteiger partial charge in [-0.15, -0.1) is 0 Å². The molecule has 0 bridgehead atoms. The van der Waals surface area contributed by atoms with E-state index >= 15 is 0 Å². The molecular weight excluding hydrogens is 244 g/mol. The van der Waals surface area contributed by atoms with Crippen molar-refractivity contribution in [2.45, 2.75) is 18.6 Å². The summed E-state index contributed by atoms with van der Waals surface area (Å²) in [6.07, 6.45) is -0.915. The number of urea groups is 1. The number of carbonyl (C=O) groups is 2. The SMILES string of the molecule is COCC(O)CN(C)C(=O)N[C@@H](CCO)C(=O)O. The zero-order valence-electron chi connectivity index (χ0n) is 10.5. The van der Waals surface area contributed by atoms with Gasteiger partial charge in [-0.1, -0.05) is 0 Å². The van der Waals surface area contributed by atoms with Crippen molar-refractivity contribution in [3.05, 3.63) is 0 Å².